The third-order valence-electron chi connectivity index (χ3n) is 5.66. The van der Waals surface area contributed by atoms with Crippen LogP contribution < -0.4 is 0 Å². The number of aromatic nitrogens is 3. The number of nitrogens with one attached hydrogen (secondary N) is 1. The molecule has 35 heavy (non-hydrogen) atoms. The van der Waals surface area contributed by atoms with Crippen molar-refractivity contribution in [1.29, 1.82) is 0 Å². The van der Waals surface area contributed by atoms with Crippen molar-refractivity contribution in [3.8, 4) is 22.5 Å². The summed E-state index contributed by atoms with van der Waals surface area (Å²) in [5.41, 5.74) is 2.06. The van der Waals surface area contributed by atoms with Gasteiger partial charge >= 0.3 is 6.18 Å². The lowest BCUT2D eigenvalue weighted by molar-refractivity contribution is -0.137. The highest BCUT2D eigenvalue weighted by molar-refractivity contribution is 5.80. The molecule has 5 rings (SSSR count). The predicted molar refractivity (Wildman–Crippen MR) is 120 cm³/mol. The summed E-state index contributed by atoms with van der Waals surface area (Å²) < 4.78 is 68.2. The van der Waals surface area contributed by atoms with Crippen LogP contribution in [-0.2, 0) is 19.3 Å². The van der Waals surface area contributed by atoms with E-state index in [2.05, 4.69) is 20.1 Å². The lowest BCUT2D eigenvalue weighted by Gasteiger charge is -2.21. The van der Waals surface area contributed by atoms with E-state index in [4.69, 9.17) is 0 Å². The molecule has 0 fully saturated rings. The Kier molecular flexibility index (Phi) is 5.58. The molecule has 1 N–H and O–H groups in total. The van der Waals surface area contributed by atoms with Crippen LogP contribution in [0.15, 0.2) is 59.8 Å². The molecule has 0 spiro atoms. The highest BCUT2D eigenvalue weighted by atomic mass is 19.4. The molecule has 2 aromatic heterocycles. The summed E-state index contributed by atoms with van der Waals surface area (Å²) in [5.74, 6) is -1.75. The van der Waals surface area contributed by atoms with Gasteiger partial charge in [-0.1, -0.05) is 29.8 Å². The number of aromatic amines is 1. The molecule has 5 nitrogen and oxygen atoms in total. The topological polar surface area (TPSA) is 57.2 Å². The van der Waals surface area contributed by atoms with Crippen molar-refractivity contribution in [2.75, 3.05) is 0 Å². The van der Waals surface area contributed by atoms with E-state index < -0.39 is 23.4 Å². The van der Waals surface area contributed by atoms with Crippen molar-refractivity contribution in [1.82, 2.24) is 20.0 Å². The Morgan fingerprint density at radius 1 is 1.03 bits per heavy atom. The summed E-state index contributed by atoms with van der Waals surface area (Å²) in [6.07, 6.45) is -1.56. The van der Waals surface area contributed by atoms with Crippen molar-refractivity contribution < 1.29 is 22.0 Å². The van der Waals surface area contributed by atoms with Gasteiger partial charge in [0.2, 0.25) is 0 Å². The summed E-state index contributed by atoms with van der Waals surface area (Å²) in [5, 5.41) is 6.00. The second-order valence-corrected chi connectivity index (χ2v) is 8.20. The summed E-state index contributed by atoms with van der Waals surface area (Å²) >= 11 is 0. The molecule has 0 bridgehead atoms. The van der Waals surface area contributed by atoms with E-state index in [0.29, 0.717) is 41.3 Å². The Bertz CT molecular complexity index is 1420. The van der Waals surface area contributed by atoms with Crippen molar-refractivity contribution >= 4 is 6.21 Å². The van der Waals surface area contributed by atoms with Gasteiger partial charge in [-0.05, 0) is 36.8 Å². The van der Waals surface area contributed by atoms with Crippen LogP contribution in [-0.4, -0.2) is 26.2 Å². The van der Waals surface area contributed by atoms with Crippen LogP contribution in [0, 0.1) is 18.6 Å². The number of nitrogens with zero attached hydrogens (tertiary/aromatic N) is 4. The number of fused-ring (bicyclic) bond motifs is 1. The van der Waals surface area contributed by atoms with Crippen molar-refractivity contribution in [3.63, 3.8) is 0 Å². The normalized spacial score (nSPS) is 13.3. The number of pyridine rings is 1. The number of rotatable bonds is 4. The smallest absolute Gasteiger partial charge is 0.340 e. The lowest BCUT2D eigenvalue weighted by Crippen LogP contribution is -2.22. The first-order valence-corrected chi connectivity index (χ1v) is 10.6. The fourth-order valence-electron chi connectivity index (χ4n) is 3.93. The summed E-state index contributed by atoms with van der Waals surface area (Å²) in [7, 11) is 0. The van der Waals surface area contributed by atoms with E-state index in [1.807, 2.05) is 0 Å². The second-order valence-electron chi connectivity index (χ2n) is 8.20. The van der Waals surface area contributed by atoms with Gasteiger partial charge in [0.1, 0.15) is 11.5 Å². The molecule has 0 saturated heterocycles. The SMILES string of the molecule is Cc1ccc(-c2ccc(CN3Cc4[nH]c(-c5cccc(F)c5F)nc4C=N3)nc2)c(C(F)(F)F)c1. The van der Waals surface area contributed by atoms with Crippen LogP contribution in [0.25, 0.3) is 22.5 Å². The summed E-state index contributed by atoms with van der Waals surface area (Å²) in [6, 6.07) is 11.3. The first-order chi connectivity index (χ1) is 16.7. The largest absolute Gasteiger partial charge is 0.417 e. The molecule has 4 aromatic rings. The molecular formula is C25H18F5N5. The van der Waals surface area contributed by atoms with Gasteiger partial charge in [-0.25, -0.2) is 13.8 Å². The minimum atomic E-state index is -4.47. The third kappa shape index (κ3) is 4.51. The third-order valence-corrected chi connectivity index (χ3v) is 5.66. The molecule has 3 heterocycles. The quantitative estimate of drug-likeness (QED) is 0.357. The molecule has 0 unspecified atom stereocenters. The molecule has 178 valence electrons. The first kappa shape index (κ1) is 22.7. The number of hydrogen-bond acceptors (Lipinski definition) is 4. The lowest BCUT2D eigenvalue weighted by atomic mass is 9.98. The summed E-state index contributed by atoms with van der Waals surface area (Å²) in [6.45, 7) is 2.22. The van der Waals surface area contributed by atoms with Gasteiger partial charge in [0, 0.05) is 11.8 Å². The number of hydrazone groups is 1. The van der Waals surface area contributed by atoms with Gasteiger partial charge in [0.15, 0.2) is 11.6 Å². The zero-order valence-corrected chi connectivity index (χ0v) is 18.4. The Morgan fingerprint density at radius 2 is 1.86 bits per heavy atom. The highest BCUT2D eigenvalue weighted by Crippen LogP contribution is 2.37. The maximum atomic E-state index is 14.1. The number of alkyl halides is 3. The van der Waals surface area contributed by atoms with E-state index in [9.17, 15) is 22.0 Å². The number of imidazole rings is 1. The molecule has 0 radical (unpaired) electrons. The monoisotopic (exact) mass is 483 g/mol. The van der Waals surface area contributed by atoms with Gasteiger partial charge in [-0.15, -0.1) is 0 Å². The Balaban J connectivity index is 1.33. The average Bonchev–Trinajstić information content (AvgIpc) is 3.24. The molecule has 1 aliphatic rings. The number of aryl methyl sites for hydroxylation is 1. The highest BCUT2D eigenvalue weighted by Gasteiger charge is 2.33. The Labute approximate surface area is 197 Å². The number of hydrogen-bond donors (Lipinski definition) is 1. The van der Waals surface area contributed by atoms with Gasteiger partial charge in [-0.3, -0.25) is 9.99 Å². The van der Waals surface area contributed by atoms with Crippen LogP contribution in [0.4, 0.5) is 22.0 Å². The predicted octanol–water partition coefficient (Wildman–Crippen LogP) is 6.09. The van der Waals surface area contributed by atoms with Gasteiger partial charge in [-0.2, -0.15) is 18.3 Å². The zero-order chi connectivity index (χ0) is 24.7. The fourth-order valence-corrected chi connectivity index (χ4v) is 3.93. The van der Waals surface area contributed by atoms with Gasteiger partial charge in [0.05, 0.1) is 41.8 Å². The minimum absolute atomic E-state index is 0.0194. The van der Waals surface area contributed by atoms with Crippen molar-refractivity contribution in [2.24, 2.45) is 5.10 Å². The van der Waals surface area contributed by atoms with Crippen LogP contribution in [0.3, 0.4) is 0 Å². The van der Waals surface area contributed by atoms with Crippen molar-refractivity contribution in [2.45, 2.75) is 26.2 Å². The molecule has 0 aliphatic carbocycles. The molecule has 10 heteroatoms. The fraction of sp³-hybridized carbons (Fsp3) is 0.160. The van der Waals surface area contributed by atoms with E-state index in [1.54, 1.807) is 30.1 Å². The van der Waals surface area contributed by atoms with Gasteiger partial charge in [0.25, 0.3) is 0 Å². The maximum absolute atomic E-state index is 14.1. The van der Waals surface area contributed by atoms with Crippen LogP contribution in [0.2, 0.25) is 0 Å². The Hall–Kier alpha value is -4.08. The molecular weight excluding hydrogens is 465 g/mol. The molecule has 2 aromatic carbocycles. The van der Waals surface area contributed by atoms with Crippen LogP contribution in [0.5, 0.6) is 0 Å². The zero-order valence-electron chi connectivity index (χ0n) is 18.4. The van der Waals surface area contributed by atoms with E-state index in [0.717, 1.165) is 12.1 Å². The first-order valence-electron chi connectivity index (χ1n) is 10.6. The second kappa shape index (κ2) is 8.61. The Morgan fingerprint density at radius 3 is 2.60 bits per heavy atom. The van der Waals surface area contributed by atoms with Crippen molar-refractivity contribution in [3.05, 3.63) is 94.6 Å². The molecule has 1 aliphatic heterocycles. The van der Waals surface area contributed by atoms with E-state index in [1.165, 1.54) is 30.6 Å². The van der Waals surface area contributed by atoms with E-state index >= 15 is 0 Å². The number of H-pyrrole nitrogens is 1. The van der Waals surface area contributed by atoms with Crippen LogP contribution in [0.1, 0.15) is 28.2 Å². The van der Waals surface area contributed by atoms with Gasteiger partial charge < -0.3 is 4.98 Å². The van der Waals surface area contributed by atoms with E-state index in [-0.39, 0.29) is 17.0 Å². The molecule has 0 saturated carbocycles. The number of benzene rings is 2. The minimum Gasteiger partial charge on any atom is -0.340 e. The standard InChI is InChI=1S/C25H18F5N5/c1-14-5-8-17(19(9-14)25(28,29)30)15-6-7-16(31-10-15)12-35-13-22-21(11-32-35)33-24(34-22)18-3-2-4-20(26)23(18)27/h2-11H,12-13H2,1H3,(H,33,34). The van der Waals surface area contributed by atoms with Crippen LogP contribution >= 0.6 is 0 Å². The average molecular weight is 483 g/mol. The number of halogens is 5. The molecule has 0 atom stereocenters. The maximum Gasteiger partial charge on any atom is 0.417 e. The molecule has 0 amide bonds. The summed E-state index contributed by atoms with van der Waals surface area (Å²) in [4.78, 5) is 11.6.